The molecule has 194 valence electrons. The zero-order chi connectivity index (χ0) is 25.8. The van der Waals surface area contributed by atoms with Gasteiger partial charge in [-0.1, -0.05) is 13.3 Å². The number of cyclic esters (lactones) is 1. The highest BCUT2D eigenvalue weighted by Gasteiger charge is 2.35. The number of ether oxygens (including phenoxy) is 1. The van der Waals surface area contributed by atoms with Gasteiger partial charge < -0.3 is 24.5 Å². The number of anilines is 3. The Labute approximate surface area is 211 Å². The highest BCUT2D eigenvalue weighted by Crippen LogP contribution is 2.33. The van der Waals surface area contributed by atoms with Crippen LogP contribution in [0, 0.1) is 15.9 Å². The first kappa shape index (κ1) is 25.5. The van der Waals surface area contributed by atoms with Crippen LogP contribution >= 0.6 is 11.3 Å². The molecule has 11 nitrogen and oxygen atoms in total. The van der Waals surface area contributed by atoms with Gasteiger partial charge in [0.25, 0.3) is 0 Å². The van der Waals surface area contributed by atoms with Crippen LogP contribution in [0.2, 0.25) is 0 Å². The van der Waals surface area contributed by atoms with E-state index in [0.717, 1.165) is 22.8 Å². The zero-order valence-electron chi connectivity index (χ0n) is 19.8. The van der Waals surface area contributed by atoms with Crippen molar-refractivity contribution in [1.82, 2.24) is 4.90 Å². The van der Waals surface area contributed by atoms with Crippen LogP contribution in [0.25, 0.3) is 0 Å². The van der Waals surface area contributed by atoms with Crippen LogP contribution in [-0.4, -0.2) is 79.0 Å². The molecular formula is C23H28FN5O6S. The van der Waals surface area contributed by atoms with Gasteiger partial charge in [-0.25, -0.2) is 14.0 Å². The van der Waals surface area contributed by atoms with E-state index in [2.05, 4.69) is 0 Å². The summed E-state index contributed by atoms with van der Waals surface area (Å²) in [5.41, 5.74) is 0.764. The van der Waals surface area contributed by atoms with Crippen molar-refractivity contribution >= 4 is 44.9 Å². The number of thiophene rings is 1. The van der Waals surface area contributed by atoms with Crippen molar-refractivity contribution in [3.63, 3.8) is 0 Å². The van der Waals surface area contributed by atoms with Gasteiger partial charge in [0.1, 0.15) is 11.9 Å². The maximum Gasteiger partial charge on any atom is 0.414 e. The van der Waals surface area contributed by atoms with Gasteiger partial charge in [-0.05, 0) is 42.0 Å². The van der Waals surface area contributed by atoms with E-state index in [1.165, 1.54) is 21.9 Å². The molecule has 2 saturated heterocycles. The zero-order valence-corrected chi connectivity index (χ0v) is 20.7. The van der Waals surface area contributed by atoms with Crippen LogP contribution in [-0.2, 0) is 4.74 Å². The molecule has 13 heteroatoms. The smallest absolute Gasteiger partial charge is 0.414 e. The SMILES string of the molecule is CCCCN(C[C@@H]1CN(c2ccc(N3CCN(c4ccc([N+](=O)[O-])s4)CC3)c(F)c2)C(=O)O1)C(=O)O. The predicted octanol–water partition coefficient (Wildman–Crippen LogP) is 4.23. The molecule has 1 N–H and O–H groups in total. The van der Waals surface area contributed by atoms with Crippen LogP contribution in [0.3, 0.4) is 0 Å². The number of amides is 2. The van der Waals surface area contributed by atoms with Crippen LogP contribution in [0.5, 0.6) is 0 Å². The standard InChI is InChI=1S/C23H28FN5O6S/c1-2-3-8-27(22(30)31)14-17-15-28(23(32)35-17)16-4-5-19(18(24)13-16)25-9-11-26(12-10-25)20-6-7-21(36-20)29(33)34/h4-7,13,17H,2-3,8-12,14-15H2,1H3,(H,30,31)/t17-/m1/s1. The van der Waals surface area contributed by atoms with Gasteiger partial charge in [-0.3, -0.25) is 15.0 Å². The molecule has 0 radical (unpaired) electrons. The number of carbonyl (C=O) groups excluding carboxylic acids is 1. The van der Waals surface area contributed by atoms with Gasteiger partial charge in [-0.2, -0.15) is 0 Å². The summed E-state index contributed by atoms with van der Waals surface area (Å²) in [6, 6.07) is 7.80. The molecule has 0 aliphatic carbocycles. The molecule has 2 aromatic rings. The van der Waals surface area contributed by atoms with Crippen molar-refractivity contribution in [2.24, 2.45) is 0 Å². The van der Waals surface area contributed by atoms with E-state index in [-0.39, 0.29) is 18.1 Å². The number of carbonyl (C=O) groups is 2. The highest BCUT2D eigenvalue weighted by molar-refractivity contribution is 7.19. The number of nitro groups is 1. The minimum atomic E-state index is -1.06. The third kappa shape index (κ3) is 5.61. The summed E-state index contributed by atoms with van der Waals surface area (Å²) in [5.74, 6) is -0.473. The number of hydrogen-bond acceptors (Lipinski definition) is 8. The van der Waals surface area contributed by atoms with Crippen LogP contribution in [0.15, 0.2) is 30.3 Å². The number of piperazine rings is 1. The number of rotatable bonds is 9. The number of unbranched alkanes of at least 4 members (excludes halogenated alkanes) is 1. The maximum atomic E-state index is 15.1. The normalized spacial score (nSPS) is 17.9. The summed E-state index contributed by atoms with van der Waals surface area (Å²) in [5, 5.41) is 21.2. The van der Waals surface area contributed by atoms with Gasteiger partial charge in [0.05, 0.1) is 34.4 Å². The quantitative estimate of drug-likeness (QED) is 0.385. The average molecular weight is 522 g/mol. The fourth-order valence-corrected chi connectivity index (χ4v) is 5.23. The van der Waals surface area contributed by atoms with E-state index in [1.807, 2.05) is 16.7 Å². The van der Waals surface area contributed by atoms with Crippen LogP contribution < -0.4 is 14.7 Å². The molecule has 36 heavy (non-hydrogen) atoms. The number of carboxylic acid groups (broad SMARTS) is 1. The number of nitrogens with zero attached hydrogens (tertiary/aromatic N) is 5. The molecular weight excluding hydrogens is 493 g/mol. The Kier molecular flexibility index (Phi) is 7.77. The van der Waals surface area contributed by atoms with Crippen molar-refractivity contribution in [2.45, 2.75) is 25.9 Å². The molecule has 1 atom stereocenters. The second-order valence-electron chi connectivity index (χ2n) is 8.68. The number of benzene rings is 1. The molecule has 3 heterocycles. The van der Waals surface area contributed by atoms with Gasteiger partial charge in [-0.15, -0.1) is 0 Å². The van der Waals surface area contributed by atoms with Crippen molar-refractivity contribution in [1.29, 1.82) is 0 Å². The molecule has 2 amide bonds. The fraction of sp³-hybridized carbons (Fsp3) is 0.478. The van der Waals surface area contributed by atoms with Gasteiger partial charge in [0.2, 0.25) is 0 Å². The first-order chi connectivity index (χ1) is 17.3. The summed E-state index contributed by atoms with van der Waals surface area (Å²) >= 11 is 1.12. The average Bonchev–Trinajstić information content (AvgIpc) is 3.49. The van der Waals surface area contributed by atoms with E-state index < -0.39 is 29.0 Å². The third-order valence-corrected chi connectivity index (χ3v) is 7.38. The monoisotopic (exact) mass is 521 g/mol. The molecule has 2 fully saturated rings. The number of halogens is 1. The Hall–Kier alpha value is -3.61. The first-order valence-corrected chi connectivity index (χ1v) is 12.6. The lowest BCUT2D eigenvalue weighted by Gasteiger charge is -2.36. The van der Waals surface area contributed by atoms with Crippen LogP contribution in [0.4, 0.5) is 35.4 Å². The maximum absolute atomic E-state index is 15.1. The largest absolute Gasteiger partial charge is 0.465 e. The van der Waals surface area contributed by atoms with E-state index in [1.54, 1.807) is 18.2 Å². The van der Waals surface area contributed by atoms with E-state index in [0.29, 0.717) is 50.5 Å². The predicted molar refractivity (Wildman–Crippen MR) is 134 cm³/mol. The summed E-state index contributed by atoms with van der Waals surface area (Å²) in [6.07, 6.45) is -0.769. The summed E-state index contributed by atoms with van der Waals surface area (Å²) in [6.45, 7) is 4.80. The lowest BCUT2D eigenvalue weighted by atomic mass is 10.2. The molecule has 1 aromatic heterocycles. The minimum absolute atomic E-state index is 0.0653. The Bertz CT molecular complexity index is 1120. The summed E-state index contributed by atoms with van der Waals surface area (Å²) < 4.78 is 20.4. The van der Waals surface area contributed by atoms with E-state index in [9.17, 15) is 24.8 Å². The fourth-order valence-electron chi connectivity index (χ4n) is 4.36. The molecule has 4 rings (SSSR count). The third-order valence-electron chi connectivity index (χ3n) is 6.28. The highest BCUT2D eigenvalue weighted by atomic mass is 32.1. The second-order valence-corrected chi connectivity index (χ2v) is 9.72. The molecule has 0 saturated carbocycles. The molecule has 1 aromatic carbocycles. The topological polar surface area (TPSA) is 120 Å². The Balaban J connectivity index is 1.36. The van der Waals surface area contributed by atoms with Gasteiger partial charge in [0.15, 0.2) is 0 Å². The minimum Gasteiger partial charge on any atom is -0.465 e. The van der Waals surface area contributed by atoms with Gasteiger partial charge >= 0.3 is 17.2 Å². The molecule has 2 aliphatic heterocycles. The first-order valence-electron chi connectivity index (χ1n) is 11.8. The Morgan fingerprint density at radius 3 is 2.58 bits per heavy atom. The molecule has 0 bridgehead atoms. The van der Waals surface area contributed by atoms with E-state index >= 15 is 4.39 Å². The summed E-state index contributed by atoms with van der Waals surface area (Å²) in [7, 11) is 0. The van der Waals surface area contributed by atoms with Crippen LogP contribution in [0.1, 0.15) is 19.8 Å². The van der Waals surface area contributed by atoms with Crippen molar-refractivity contribution < 1.29 is 28.7 Å². The lowest BCUT2D eigenvalue weighted by molar-refractivity contribution is -0.380. The van der Waals surface area contributed by atoms with Crippen molar-refractivity contribution in [3.05, 3.63) is 46.3 Å². The van der Waals surface area contributed by atoms with Crippen molar-refractivity contribution in [2.75, 3.05) is 60.5 Å². The second kappa shape index (κ2) is 11.0. The molecule has 0 unspecified atom stereocenters. The van der Waals surface area contributed by atoms with Gasteiger partial charge in [0, 0.05) is 38.8 Å². The summed E-state index contributed by atoms with van der Waals surface area (Å²) in [4.78, 5) is 40.9. The lowest BCUT2D eigenvalue weighted by Crippen LogP contribution is -2.46. The number of hydrogen-bond donors (Lipinski definition) is 1. The van der Waals surface area contributed by atoms with E-state index in [4.69, 9.17) is 4.74 Å². The molecule has 0 spiro atoms. The molecule has 2 aliphatic rings. The Morgan fingerprint density at radius 1 is 1.25 bits per heavy atom. The Morgan fingerprint density at radius 2 is 1.97 bits per heavy atom. The van der Waals surface area contributed by atoms with Crippen molar-refractivity contribution in [3.8, 4) is 0 Å².